The van der Waals surface area contributed by atoms with Crippen molar-refractivity contribution in [2.45, 2.75) is 69.2 Å². The lowest BCUT2D eigenvalue weighted by Gasteiger charge is -2.39. The number of nitrogens with one attached hydrogen (secondary N) is 1. The van der Waals surface area contributed by atoms with Crippen molar-refractivity contribution in [3.05, 3.63) is 76.4 Å². The highest BCUT2D eigenvalue weighted by atomic mass is 19.4. The van der Waals surface area contributed by atoms with Crippen LogP contribution in [0.4, 0.5) is 18.9 Å². The molecule has 0 radical (unpaired) electrons. The van der Waals surface area contributed by atoms with Gasteiger partial charge in [0.1, 0.15) is 12.2 Å². The molecule has 1 N–H and O–H groups in total. The Labute approximate surface area is 225 Å². The van der Waals surface area contributed by atoms with Crippen molar-refractivity contribution in [1.29, 1.82) is 0 Å². The SMILES string of the molecule is Cn1cnnc1[C@]1(c2cccc(N3Cc4c(cc(CNC5(C)CCC5)cc4C(F)(F)F)C3=O)c2)CCCOC1. The molecule has 2 aromatic carbocycles. The standard InChI is InChI=1S/C29H32F3N5O2/c1-27(8-4-9-27)33-15-19-12-22-23(24(13-19)29(30,31)32)16-37(25(22)38)21-7-3-6-20(14-21)28(10-5-11-39-17-28)26-35-34-18-36(26)2/h3,6-7,12-14,18,33H,4-5,8-11,15-17H2,1-2H3/t28-/m1/s1. The first-order valence-electron chi connectivity index (χ1n) is 13.4. The van der Waals surface area contributed by atoms with Gasteiger partial charge < -0.3 is 19.5 Å². The van der Waals surface area contributed by atoms with Gasteiger partial charge in [-0.3, -0.25) is 4.79 Å². The molecule has 1 atom stereocenters. The summed E-state index contributed by atoms with van der Waals surface area (Å²) < 4.78 is 50.4. The number of hydrogen-bond donors (Lipinski definition) is 1. The average Bonchev–Trinajstić information content (AvgIpc) is 3.49. The van der Waals surface area contributed by atoms with Gasteiger partial charge >= 0.3 is 6.18 Å². The van der Waals surface area contributed by atoms with E-state index in [-0.39, 0.29) is 29.8 Å². The van der Waals surface area contributed by atoms with Gasteiger partial charge in [-0.2, -0.15) is 13.2 Å². The molecule has 6 rings (SSSR count). The second kappa shape index (κ2) is 9.45. The van der Waals surface area contributed by atoms with Gasteiger partial charge in [-0.15, -0.1) is 10.2 Å². The zero-order valence-corrected chi connectivity index (χ0v) is 22.1. The number of ether oxygens (including phenoxy) is 1. The van der Waals surface area contributed by atoms with E-state index in [4.69, 9.17) is 4.74 Å². The van der Waals surface area contributed by atoms with Gasteiger partial charge in [-0.25, -0.2) is 0 Å². The molecule has 0 bridgehead atoms. The zero-order valence-electron chi connectivity index (χ0n) is 22.1. The van der Waals surface area contributed by atoms with Gasteiger partial charge in [0.25, 0.3) is 5.91 Å². The quantitative estimate of drug-likeness (QED) is 0.471. The molecule has 2 aliphatic heterocycles. The normalized spacial score (nSPS) is 22.6. The second-order valence-electron chi connectivity index (χ2n) is 11.4. The molecule has 3 heterocycles. The molecule has 1 saturated heterocycles. The van der Waals surface area contributed by atoms with Crippen LogP contribution in [0, 0.1) is 0 Å². The lowest BCUT2D eigenvalue weighted by molar-refractivity contribution is -0.138. The number of rotatable bonds is 6. The van der Waals surface area contributed by atoms with Crippen molar-refractivity contribution in [2.24, 2.45) is 7.05 Å². The number of fused-ring (bicyclic) bond motifs is 1. The van der Waals surface area contributed by atoms with E-state index in [0.717, 1.165) is 43.5 Å². The van der Waals surface area contributed by atoms with Gasteiger partial charge in [0, 0.05) is 37.0 Å². The van der Waals surface area contributed by atoms with Gasteiger partial charge in [-0.1, -0.05) is 12.1 Å². The summed E-state index contributed by atoms with van der Waals surface area (Å²) in [4.78, 5) is 15.1. The van der Waals surface area contributed by atoms with Crippen LogP contribution in [0.2, 0.25) is 0 Å². The minimum absolute atomic E-state index is 0.0283. The Morgan fingerprint density at radius 3 is 2.59 bits per heavy atom. The summed E-state index contributed by atoms with van der Waals surface area (Å²) in [6.45, 7) is 3.29. The smallest absolute Gasteiger partial charge is 0.380 e. The number of carbonyl (C=O) groups excluding carboxylic acids is 1. The number of carbonyl (C=O) groups is 1. The summed E-state index contributed by atoms with van der Waals surface area (Å²) >= 11 is 0. The Balaban J connectivity index is 1.35. The molecule has 39 heavy (non-hydrogen) atoms. The number of aromatic nitrogens is 3. The van der Waals surface area contributed by atoms with Gasteiger partial charge in [0.05, 0.1) is 24.1 Å². The number of nitrogens with zero attached hydrogens (tertiary/aromatic N) is 4. The molecule has 1 saturated carbocycles. The van der Waals surface area contributed by atoms with Gasteiger partial charge in [-0.05, 0) is 80.0 Å². The molecule has 1 amide bonds. The van der Waals surface area contributed by atoms with Gasteiger partial charge in [0.15, 0.2) is 0 Å². The predicted octanol–water partition coefficient (Wildman–Crippen LogP) is 5.12. The van der Waals surface area contributed by atoms with Crippen molar-refractivity contribution >= 4 is 11.6 Å². The van der Waals surface area contributed by atoms with Gasteiger partial charge in [0.2, 0.25) is 0 Å². The monoisotopic (exact) mass is 539 g/mol. The van der Waals surface area contributed by atoms with Crippen LogP contribution in [0.25, 0.3) is 0 Å². The fourth-order valence-electron chi connectivity index (χ4n) is 6.25. The molecule has 3 aromatic rings. The number of hydrogen-bond acceptors (Lipinski definition) is 5. The molecule has 206 valence electrons. The van der Waals surface area contributed by atoms with Crippen LogP contribution < -0.4 is 10.2 Å². The molecule has 7 nitrogen and oxygen atoms in total. The van der Waals surface area contributed by atoms with Crippen LogP contribution in [0.5, 0.6) is 0 Å². The van der Waals surface area contributed by atoms with Crippen molar-refractivity contribution in [1.82, 2.24) is 20.1 Å². The molecule has 0 spiro atoms. The maximum absolute atomic E-state index is 14.2. The summed E-state index contributed by atoms with van der Waals surface area (Å²) in [5, 5.41) is 11.8. The molecule has 3 aliphatic rings. The van der Waals surface area contributed by atoms with Crippen LogP contribution in [-0.4, -0.2) is 39.4 Å². The van der Waals surface area contributed by atoms with Crippen molar-refractivity contribution in [3.8, 4) is 0 Å². The number of anilines is 1. The Morgan fingerprint density at radius 2 is 1.95 bits per heavy atom. The maximum atomic E-state index is 14.2. The average molecular weight is 540 g/mol. The Morgan fingerprint density at radius 1 is 1.13 bits per heavy atom. The molecule has 2 fully saturated rings. The summed E-state index contributed by atoms with van der Waals surface area (Å²) in [6.07, 6.45) is 1.79. The molecule has 0 unspecified atom stereocenters. The first-order chi connectivity index (χ1) is 18.6. The number of halogens is 3. The Hall–Kier alpha value is -3.24. The fourth-order valence-corrected chi connectivity index (χ4v) is 6.25. The molecular formula is C29H32F3N5O2. The zero-order chi connectivity index (χ0) is 27.4. The highest BCUT2D eigenvalue weighted by Crippen LogP contribution is 2.43. The number of aryl methyl sites for hydroxylation is 1. The van der Waals surface area contributed by atoms with E-state index in [9.17, 15) is 18.0 Å². The van der Waals surface area contributed by atoms with E-state index in [2.05, 4.69) is 22.4 Å². The summed E-state index contributed by atoms with van der Waals surface area (Å²) in [5.41, 5.74) is 0.704. The van der Waals surface area contributed by atoms with E-state index in [1.807, 2.05) is 29.8 Å². The number of benzene rings is 2. The van der Waals surface area contributed by atoms with Crippen LogP contribution in [0.1, 0.15) is 77.5 Å². The number of amides is 1. The van der Waals surface area contributed by atoms with Crippen molar-refractivity contribution in [2.75, 3.05) is 18.1 Å². The first-order valence-corrected chi connectivity index (χ1v) is 13.4. The van der Waals surface area contributed by atoms with E-state index >= 15 is 0 Å². The van der Waals surface area contributed by atoms with Crippen LogP contribution >= 0.6 is 0 Å². The van der Waals surface area contributed by atoms with Crippen LogP contribution in [-0.2, 0) is 36.5 Å². The first kappa shape index (κ1) is 26.0. The largest absolute Gasteiger partial charge is 0.416 e. The summed E-state index contributed by atoms with van der Waals surface area (Å²) in [6, 6.07) is 10.3. The topological polar surface area (TPSA) is 72.3 Å². The molecular weight excluding hydrogens is 507 g/mol. The Kier molecular flexibility index (Phi) is 6.30. The number of alkyl halides is 3. The van der Waals surface area contributed by atoms with E-state index < -0.39 is 23.1 Å². The van der Waals surface area contributed by atoms with Crippen molar-refractivity contribution in [3.63, 3.8) is 0 Å². The van der Waals surface area contributed by atoms with Crippen molar-refractivity contribution < 1.29 is 22.7 Å². The third kappa shape index (κ3) is 4.53. The van der Waals surface area contributed by atoms with E-state index in [0.29, 0.717) is 24.5 Å². The van der Waals surface area contributed by atoms with E-state index in [1.165, 1.54) is 11.0 Å². The highest BCUT2D eigenvalue weighted by Gasteiger charge is 2.43. The minimum atomic E-state index is -4.56. The molecule has 1 aliphatic carbocycles. The summed E-state index contributed by atoms with van der Waals surface area (Å²) in [7, 11) is 1.88. The summed E-state index contributed by atoms with van der Waals surface area (Å²) in [5.74, 6) is 0.337. The van der Waals surface area contributed by atoms with E-state index in [1.54, 1.807) is 18.5 Å². The molecule has 1 aromatic heterocycles. The lowest BCUT2D eigenvalue weighted by atomic mass is 9.75. The minimum Gasteiger partial charge on any atom is -0.380 e. The maximum Gasteiger partial charge on any atom is 0.416 e. The molecule has 10 heteroatoms. The third-order valence-corrected chi connectivity index (χ3v) is 8.67. The Bertz CT molecular complexity index is 1410. The third-order valence-electron chi connectivity index (χ3n) is 8.67. The van der Waals surface area contributed by atoms with Crippen LogP contribution in [0.15, 0.2) is 42.7 Å². The highest BCUT2D eigenvalue weighted by molar-refractivity contribution is 6.10. The lowest BCUT2D eigenvalue weighted by Crippen LogP contribution is -2.47. The van der Waals surface area contributed by atoms with Crippen LogP contribution in [0.3, 0.4) is 0 Å². The second-order valence-corrected chi connectivity index (χ2v) is 11.4. The fraction of sp³-hybridized carbons (Fsp3) is 0.483. The predicted molar refractivity (Wildman–Crippen MR) is 139 cm³/mol.